The number of unbranched alkanes of at least 4 members (excludes halogenated alkanes) is 1. The zero-order chi connectivity index (χ0) is 13.4. The van der Waals surface area contributed by atoms with Crippen molar-refractivity contribution in [1.29, 1.82) is 0 Å². The molecule has 1 aromatic rings. The highest BCUT2D eigenvalue weighted by Gasteiger charge is 2.09. The Morgan fingerprint density at radius 1 is 1.11 bits per heavy atom. The summed E-state index contributed by atoms with van der Waals surface area (Å²) in [6.45, 7) is 6.73. The number of hydrogen-bond acceptors (Lipinski definition) is 2. The van der Waals surface area contributed by atoms with Crippen molar-refractivity contribution in [3.63, 3.8) is 0 Å². The van der Waals surface area contributed by atoms with Crippen molar-refractivity contribution in [2.45, 2.75) is 45.6 Å². The third-order valence-electron chi connectivity index (χ3n) is 3.28. The Bertz CT molecular complexity index is 318. The zero-order valence-electron chi connectivity index (χ0n) is 12.2. The Labute approximate surface area is 117 Å². The van der Waals surface area contributed by atoms with Crippen LogP contribution in [-0.2, 0) is 0 Å². The van der Waals surface area contributed by atoms with E-state index in [9.17, 15) is 0 Å². The van der Waals surface area contributed by atoms with E-state index in [1.165, 1.54) is 29.7 Å². The molecule has 0 aliphatic carbocycles. The van der Waals surface area contributed by atoms with Gasteiger partial charge in [0.05, 0.1) is 0 Å². The molecule has 0 aliphatic rings. The average molecular weight is 265 g/mol. The number of rotatable bonds is 8. The molecule has 0 fully saturated rings. The number of nitrogens with one attached hydrogen (secondary N) is 1. The highest BCUT2D eigenvalue weighted by Crippen LogP contribution is 2.21. The van der Waals surface area contributed by atoms with E-state index in [4.69, 9.17) is 0 Å². The lowest BCUT2D eigenvalue weighted by atomic mass is 10.00. The standard InChI is InChI=1S/C16H27NS/c1-5-6-11-18-12-16(17-4)15-9-7-14(8-10-15)13(2)3/h7-10,13,16-17H,5-6,11-12H2,1-4H3. The third kappa shape index (κ3) is 5.03. The largest absolute Gasteiger partial charge is 0.312 e. The SMILES string of the molecule is CCCCSCC(NC)c1ccc(C(C)C)cc1. The van der Waals surface area contributed by atoms with Crippen LogP contribution in [0.3, 0.4) is 0 Å². The van der Waals surface area contributed by atoms with Crippen LogP contribution in [0.5, 0.6) is 0 Å². The first kappa shape index (κ1) is 15.6. The van der Waals surface area contributed by atoms with Gasteiger partial charge in [-0.25, -0.2) is 0 Å². The van der Waals surface area contributed by atoms with Crippen molar-refractivity contribution >= 4 is 11.8 Å². The van der Waals surface area contributed by atoms with E-state index in [2.05, 4.69) is 69.2 Å². The lowest BCUT2D eigenvalue weighted by Crippen LogP contribution is -2.18. The van der Waals surface area contributed by atoms with E-state index in [-0.39, 0.29) is 0 Å². The minimum absolute atomic E-state index is 0.480. The quantitative estimate of drug-likeness (QED) is 0.689. The van der Waals surface area contributed by atoms with Crippen LogP contribution < -0.4 is 5.32 Å². The predicted molar refractivity (Wildman–Crippen MR) is 84.6 cm³/mol. The highest BCUT2D eigenvalue weighted by molar-refractivity contribution is 7.99. The zero-order valence-corrected chi connectivity index (χ0v) is 13.0. The lowest BCUT2D eigenvalue weighted by Gasteiger charge is -2.17. The molecule has 1 rings (SSSR count). The van der Waals surface area contributed by atoms with Gasteiger partial charge >= 0.3 is 0 Å². The summed E-state index contributed by atoms with van der Waals surface area (Å²) in [7, 11) is 2.06. The van der Waals surface area contributed by atoms with Gasteiger partial charge in [-0.1, -0.05) is 51.5 Å². The van der Waals surface area contributed by atoms with Gasteiger partial charge in [0, 0.05) is 11.8 Å². The van der Waals surface area contributed by atoms with Gasteiger partial charge in [0.25, 0.3) is 0 Å². The van der Waals surface area contributed by atoms with E-state index in [0.717, 1.165) is 5.75 Å². The second-order valence-electron chi connectivity index (χ2n) is 5.09. The summed E-state index contributed by atoms with van der Waals surface area (Å²) in [5.74, 6) is 3.06. The first-order valence-corrected chi connectivity index (χ1v) is 8.19. The van der Waals surface area contributed by atoms with E-state index in [1.54, 1.807) is 0 Å². The van der Waals surface area contributed by atoms with Gasteiger partial charge in [0.1, 0.15) is 0 Å². The van der Waals surface area contributed by atoms with Crippen molar-refractivity contribution in [3.8, 4) is 0 Å². The van der Waals surface area contributed by atoms with Crippen LogP contribution in [0.25, 0.3) is 0 Å². The van der Waals surface area contributed by atoms with Gasteiger partial charge in [-0.2, -0.15) is 11.8 Å². The van der Waals surface area contributed by atoms with E-state index >= 15 is 0 Å². The Morgan fingerprint density at radius 3 is 2.22 bits per heavy atom. The molecule has 0 heterocycles. The van der Waals surface area contributed by atoms with Crippen LogP contribution in [0.1, 0.15) is 56.7 Å². The summed E-state index contributed by atoms with van der Waals surface area (Å²) in [6, 6.07) is 9.56. The second-order valence-corrected chi connectivity index (χ2v) is 6.24. The minimum Gasteiger partial charge on any atom is -0.312 e. The maximum Gasteiger partial charge on any atom is 0.0409 e. The lowest BCUT2D eigenvalue weighted by molar-refractivity contribution is 0.660. The molecule has 0 aliphatic heterocycles. The first-order valence-electron chi connectivity index (χ1n) is 7.03. The van der Waals surface area contributed by atoms with E-state index < -0.39 is 0 Å². The second kappa shape index (κ2) is 8.60. The molecule has 1 unspecified atom stereocenters. The molecule has 0 spiro atoms. The van der Waals surface area contributed by atoms with Crippen LogP contribution in [0.15, 0.2) is 24.3 Å². The normalized spacial score (nSPS) is 12.9. The van der Waals surface area contributed by atoms with Crippen molar-refractivity contribution in [3.05, 3.63) is 35.4 Å². The molecule has 18 heavy (non-hydrogen) atoms. The maximum atomic E-state index is 3.42. The van der Waals surface area contributed by atoms with Crippen LogP contribution in [0, 0.1) is 0 Å². The molecule has 0 bridgehead atoms. The molecule has 0 saturated heterocycles. The first-order chi connectivity index (χ1) is 8.69. The van der Waals surface area contributed by atoms with Crippen LogP contribution in [0.4, 0.5) is 0 Å². The van der Waals surface area contributed by atoms with Crippen molar-refractivity contribution in [2.24, 2.45) is 0 Å². The Hall–Kier alpha value is -0.470. The van der Waals surface area contributed by atoms with Gasteiger partial charge < -0.3 is 5.32 Å². The molecule has 1 atom stereocenters. The van der Waals surface area contributed by atoms with Crippen molar-refractivity contribution < 1.29 is 0 Å². The van der Waals surface area contributed by atoms with Crippen LogP contribution >= 0.6 is 11.8 Å². The van der Waals surface area contributed by atoms with Gasteiger partial charge in [0.2, 0.25) is 0 Å². The van der Waals surface area contributed by atoms with Gasteiger partial charge in [0.15, 0.2) is 0 Å². The van der Waals surface area contributed by atoms with Crippen LogP contribution in [0.2, 0.25) is 0 Å². The molecular weight excluding hydrogens is 238 g/mol. The van der Waals surface area contributed by atoms with Gasteiger partial charge in [-0.3, -0.25) is 0 Å². The van der Waals surface area contributed by atoms with Crippen molar-refractivity contribution in [2.75, 3.05) is 18.6 Å². The molecule has 102 valence electrons. The van der Waals surface area contributed by atoms with Gasteiger partial charge in [-0.05, 0) is 36.3 Å². The average Bonchev–Trinajstić information content (AvgIpc) is 2.39. The number of thioether (sulfide) groups is 1. The molecular formula is C16H27NS. The molecule has 0 aromatic heterocycles. The van der Waals surface area contributed by atoms with E-state index in [0.29, 0.717) is 12.0 Å². The van der Waals surface area contributed by atoms with Gasteiger partial charge in [-0.15, -0.1) is 0 Å². The summed E-state index contributed by atoms with van der Waals surface area (Å²) in [4.78, 5) is 0. The smallest absolute Gasteiger partial charge is 0.0409 e. The Balaban J connectivity index is 2.53. The number of hydrogen-bond donors (Lipinski definition) is 1. The fourth-order valence-electron chi connectivity index (χ4n) is 1.91. The molecule has 1 N–H and O–H groups in total. The third-order valence-corrected chi connectivity index (χ3v) is 4.43. The molecule has 1 aromatic carbocycles. The fraction of sp³-hybridized carbons (Fsp3) is 0.625. The summed E-state index contributed by atoms with van der Waals surface area (Å²) in [5.41, 5.74) is 2.83. The number of benzene rings is 1. The monoisotopic (exact) mass is 265 g/mol. The topological polar surface area (TPSA) is 12.0 Å². The molecule has 1 nitrogen and oxygen atoms in total. The fourth-order valence-corrected chi connectivity index (χ4v) is 3.16. The summed E-state index contributed by atoms with van der Waals surface area (Å²) >= 11 is 2.05. The summed E-state index contributed by atoms with van der Waals surface area (Å²) in [6.07, 6.45) is 2.62. The van der Waals surface area contributed by atoms with Crippen molar-refractivity contribution in [1.82, 2.24) is 5.32 Å². The van der Waals surface area contributed by atoms with E-state index in [1.807, 2.05) is 0 Å². The predicted octanol–water partition coefficient (Wildman–Crippen LogP) is 4.60. The molecule has 0 radical (unpaired) electrons. The minimum atomic E-state index is 0.480. The summed E-state index contributed by atoms with van der Waals surface area (Å²) < 4.78 is 0. The summed E-state index contributed by atoms with van der Waals surface area (Å²) in [5, 5.41) is 3.42. The Kier molecular flexibility index (Phi) is 7.45. The molecule has 2 heteroatoms. The molecule has 0 amide bonds. The van der Waals surface area contributed by atoms with Crippen LogP contribution in [-0.4, -0.2) is 18.6 Å². The Morgan fingerprint density at radius 2 is 1.72 bits per heavy atom. The maximum absolute atomic E-state index is 3.42. The highest BCUT2D eigenvalue weighted by atomic mass is 32.2. The molecule has 0 saturated carbocycles.